The molecule has 0 saturated heterocycles. The summed E-state index contributed by atoms with van der Waals surface area (Å²) < 4.78 is 0. The molecule has 1 N–H and O–H groups in total. The summed E-state index contributed by atoms with van der Waals surface area (Å²) >= 11 is 6.13. The van der Waals surface area contributed by atoms with Gasteiger partial charge in [0.15, 0.2) is 0 Å². The molecule has 1 atom stereocenters. The van der Waals surface area contributed by atoms with E-state index in [1.54, 1.807) is 4.90 Å². The lowest BCUT2D eigenvalue weighted by Crippen LogP contribution is -2.53. The number of rotatable bonds is 9. The fraction of sp³-hybridized carbons (Fsp3) is 0.375. The van der Waals surface area contributed by atoms with Gasteiger partial charge >= 0.3 is 0 Å². The van der Waals surface area contributed by atoms with Gasteiger partial charge in [-0.25, -0.2) is 0 Å². The highest BCUT2D eigenvalue weighted by Crippen LogP contribution is 2.21. The van der Waals surface area contributed by atoms with Crippen molar-refractivity contribution in [2.45, 2.75) is 77.4 Å². The summed E-state index contributed by atoms with van der Waals surface area (Å²) in [6.45, 7) is 4.47. The van der Waals surface area contributed by atoms with Crippen LogP contribution in [0.1, 0.15) is 59.9 Å². The predicted octanol–water partition coefficient (Wildman–Crippen LogP) is 6.59. The Morgan fingerprint density at radius 2 is 1.54 bits per heavy atom. The topological polar surface area (TPSA) is 49.4 Å². The highest BCUT2D eigenvalue weighted by Gasteiger charge is 2.32. The molecular formula is C32H37ClN2O2. The van der Waals surface area contributed by atoms with Gasteiger partial charge in [-0.15, -0.1) is 0 Å². The monoisotopic (exact) mass is 516 g/mol. The molecule has 1 aliphatic carbocycles. The van der Waals surface area contributed by atoms with Crippen molar-refractivity contribution in [1.29, 1.82) is 0 Å². The molecule has 0 bridgehead atoms. The first-order valence-corrected chi connectivity index (χ1v) is 13.7. The Kier molecular flexibility index (Phi) is 9.40. The number of carbonyl (C=O) groups excluding carboxylic acids is 2. The number of hydrogen-bond donors (Lipinski definition) is 1. The maximum absolute atomic E-state index is 13.9. The van der Waals surface area contributed by atoms with E-state index in [1.165, 1.54) is 12.0 Å². The lowest BCUT2D eigenvalue weighted by Gasteiger charge is -2.33. The van der Waals surface area contributed by atoms with Gasteiger partial charge in [0.25, 0.3) is 0 Å². The number of nitrogens with one attached hydrogen (secondary N) is 1. The van der Waals surface area contributed by atoms with E-state index in [4.69, 9.17) is 11.6 Å². The van der Waals surface area contributed by atoms with Crippen LogP contribution in [-0.2, 0) is 29.0 Å². The maximum atomic E-state index is 13.9. The number of carbonyl (C=O) groups is 2. The molecule has 4 rings (SSSR count). The first kappa shape index (κ1) is 26.9. The maximum Gasteiger partial charge on any atom is 0.243 e. The minimum absolute atomic E-state index is 0.0575. The third-order valence-corrected chi connectivity index (χ3v) is 7.67. The molecule has 37 heavy (non-hydrogen) atoms. The summed E-state index contributed by atoms with van der Waals surface area (Å²) in [5.41, 5.74) is 5.29. The van der Waals surface area contributed by atoms with Gasteiger partial charge in [-0.3, -0.25) is 9.59 Å². The van der Waals surface area contributed by atoms with Gasteiger partial charge in [0.05, 0.1) is 6.42 Å². The molecule has 2 amide bonds. The highest BCUT2D eigenvalue weighted by atomic mass is 35.5. The number of nitrogens with zero attached hydrogens (tertiary/aromatic N) is 1. The van der Waals surface area contributed by atoms with E-state index in [2.05, 4.69) is 31.3 Å². The molecule has 5 heteroatoms. The highest BCUT2D eigenvalue weighted by molar-refractivity contribution is 6.30. The Balaban J connectivity index is 1.65. The van der Waals surface area contributed by atoms with Gasteiger partial charge in [0.2, 0.25) is 11.8 Å². The number of hydrogen-bond acceptors (Lipinski definition) is 2. The van der Waals surface area contributed by atoms with Crippen molar-refractivity contribution in [2.24, 2.45) is 0 Å². The minimum Gasteiger partial charge on any atom is -0.352 e. The third-order valence-electron chi connectivity index (χ3n) is 7.42. The van der Waals surface area contributed by atoms with Gasteiger partial charge < -0.3 is 10.2 Å². The first-order valence-electron chi connectivity index (χ1n) is 13.3. The molecule has 3 aromatic rings. The van der Waals surface area contributed by atoms with Crippen LogP contribution >= 0.6 is 11.6 Å². The Hall–Kier alpha value is -3.11. The average molecular weight is 517 g/mol. The van der Waals surface area contributed by atoms with Crippen LogP contribution < -0.4 is 5.32 Å². The van der Waals surface area contributed by atoms with E-state index in [0.717, 1.165) is 47.9 Å². The van der Waals surface area contributed by atoms with Crippen molar-refractivity contribution in [2.75, 3.05) is 0 Å². The van der Waals surface area contributed by atoms with E-state index in [9.17, 15) is 9.59 Å². The van der Waals surface area contributed by atoms with E-state index in [-0.39, 0.29) is 24.3 Å². The normalized spacial score (nSPS) is 14.7. The quantitative estimate of drug-likeness (QED) is 0.349. The van der Waals surface area contributed by atoms with Crippen LogP contribution in [0.25, 0.3) is 0 Å². The smallest absolute Gasteiger partial charge is 0.243 e. The van der Waals surface area contributed by atoms with Crippen LogP contribution in [0.2, 0.25) is 5.02 Å². The van der Waals surface area contributed by atoms with Crippen LogP contribution in [0.4, 0.5) is 0 Å². The number of amides is 2. The van der Waals surface area contributed by atoms with Crippen LogP contribution in [-0.4, -0.2) is 28.8 Å². The van der Waals surface area contributed by atoms with Crippen molar-refractivity contribution >= 4 is 23.4 Å². The second-order valence-electron chi connectivity index (χ2n) is 10.3. The molecule has 3 aromatic carbocycles. The summed E-state index contributed by atoms with van der Waals surface area (Å²) in [4.78, 5) is 29.5. The standard InChI is InChI=1S/C32H37ClN2O2/c1-23-13-14-27(19-24(23)2)21-31(36)35(22-26-15-17-28(33)18-16-26)30(20-25-9-5-3-6-10-25)32(37)34-29-11-7-4-8-12-29/h3,5-6,9-10,13-19,29-30H,4,7-8,11-12,20-22H2,1-2H3,(H,34,37)/t30-/m0/s1. The molecule has 1 aliphatic rings. The number of halogens is 1. The first-order chi connectivity index (χ1) is 17.9. The van der Waals surface area contributed by atoms with Gasteiger partial charge in [0, 0.05) is 24.0 Å². The predicted molar refractivity (Wildman–Crippen MR) is 151 cm³/mol. The summed E-state index contributed by atoms with van der Waals surface area (Å²) in [5.74, 6) is -0.129. The molecule has 4 nitrogen and oxygen atoms in total. The fourth-order valence-electron chi connectivity index (χ4n) is 5.07. The van der Waals surface area contributed by atoms with Crippen molar-refractivity contribution in [3.8, 4) is 0 Å². The number of aryl methyl sites for hydroxylation is 2. The van der Waals surface area contributed by atoms with Crippen molar-refractivity contribution < 1.29 is 9.59 Å². The molecule has 0 heterocycles. The SMILES string of the molecule is Cc1ccc(CC(=O)N(Cc2ccc(Cl)cc2)[C@@H](Cc2ccccc2)C(=O)NC2CCCCC2)cc1C. The zero-order valence-corrected chi connectivity index (χ0v) is 22.6. The summed E-state index contributed by atoms with van der Waals surface area (Å²) in [7, 11) is 0. The second kappa shape index (κ2) is 12.9. The second-order valence-corrected chi connectivity index (χ2v) is 10.7. The van der Waals surface area contributed by atoms with Crippen molar-refractivity contribution in [1.82, 2.24) is 10.2 Å². The summed E-state index contributed by atoms with van der Waals surface area (Å²) in [5, 5.41) is 3.94. The summed E-state index contributed by atoms with van der Waals surface area (Å²) in [6, 6.07) is 23.2. The lowest BCUT2D eigenvalue weighted by molar-refractivity contribution is -0.141. The van der Waals surface area contributed by atoms with E-state index >= 15 is 0 Å². The minimum atomic E-state index is -0.612. The molecule has 0 aliphatic heterocycles. The zero-order valence-electron chi connectivity index (χ0n) is 21.9. The Morgan fingerprint density at radius 1 is 0.865 bits per heavy atom. The Labute approximate surface area is 226 Å². The van der Waals surface area contributed by atoms with Crippen LogP contribution in [0.3, 0.4) is 0 Å². The summed E-state index contributed by atoms with van der Waals surface area (Å²) in [6.07, 6.45) is 6.19. The molecule has 0 spiro atoms. The largest absolute Gasteiger partial charge is 0.352 e. The molecular weight excluding hydrogens is 480 g/mol. The van der Waals surface area contributed by atoms with Gasteiger partial charge in [0.1, 0.15) is 6.04 Å². The van der Waals surface area contributed by atoms with Crippen LogP contribution in [0.15, 0.2) is 72.8 Å². The average Bonchev–Trinajstić information content (AvgIpc) is 2.90. The van der Waals surface area contributed by atoms with Crippen LogP contribution in [0.5, 0.6) is 0 Å². The lowest BCUT2D eigenvalue weighted by atomic mass is 9.94. The molecule has 1 saturated carbocycles. The Morgan fingerprint density at radius 3 is 2.22 bits per heavy atom. The van der Waals surface area contributed by atoms with Crippen molar-refractivity contribution in [3.05, 3.63) is 106 Å². The van der Waals surface area contributed by atoms with Crippen LogP contribution in [0, 0.1) is 13.8 Å². The molecule has 194 valence electrons. The Bertz CT molecular complexity index is 1190. The molecule has 0 radical (unpaired) electrons. The molecule has 1 fully saturated rings. The van der Waals surface area contributed by atoms with E-state index in [1.807, 2.05) is 60.7 Å². The number of benzene rings is 3. The van der Waals surface area contributed by atoms with Gasteiger partial charge in [-0.2, -0.15) is 0 Å². The van der Waals surface area contributed by atoms with E-state index < -0.39 is 6.04 Å². The van der Waals surface area contributed by atoms with Crippen molar-refractivity contribution in [3.63, 3.8) is 0 Å². The van der Waals surface area contributed by atoms with E-state index in [0.29, 0.717) is 18.0 Å². The third kappa shape index (κ3) is 7.69. The fourth-order valence-corrected chi connectivity index (χ4v) is 5.20. The zero-order chi connectivity index (χ0) is 26.2. The molecule has 0 aromatic heterocycles. The van der Waals surface area contributed by atoms with Gasteiger partial charge in [-0.1, -0.05) is 91.5 Å². The van der Waals surface area contributed by atoms with Gasteiger partial charge in [-0.05, 0) is 66.6 Å². The molecule has 0 unspecified atom stereocenters.